The molecule has 0 bridgehead atoms. The molecule has 0 radical (unpaired) electrons. The fourth-order valence-electron chi connectivity index (χ4n) is 1.72. The van der Waals surface area contributed by atoms with E-state index in [1.165, 1.54) is 6.92 Å². The maximum atomic E-state index is 12.8. The number of benzene rings is 1. The van der Waals surface area contributed by atoms with Crippen LogP contribution < -0.4 is 5.32 Å². The average molecular weight is 305 g/mol. The molecule has 0 aliphatic rings. The van der Waals surface area contributed by atoms with Crippen LogP contribution in [0.2, 0.25) is 0 Å². The Bertz CT molecular complexity index is 527. The topological polar surface area (TPSA) is 69.6 Å². The molecule has 0 spiro atoms. The van der Waals surface area contributed by atoms with Crippen molar-refractivity contribution in [2.24, 2.45) is 5.92 Å². The molecule has 1 rings (SSSR count). The van der Waals surface area contributed by atoms with Gasteiger partial charge >= 0.3 is 6.18 Å². The second kappa shape index (κ2) is 6.24. The molecular formula is C14H18F3NO3. The number of amides is 1. The molecule has 1 atom stereocenters. The molecule has 0 fully saturated rings. The third-order valence-corrected chi connectivity index (χ3v) is 3.00. The third-order valence-electron chi connectivity index (χ3n) is 3.00. The van der Waals surface area contributed by atoms with E-state index in [0.717, 1.165) is 6.07 Å². The highest BCUT2D eigenvalue weighted by molar-refractivity contribution is 5.83. The van der Waals surface area contributed by atoms with Crippen molar-refractivity contribution in [3.63, 3.8) is 0 Å². The van der Waals surface area contributed by atoms with Crippen LogP contribution in [-0.4, -0.2) is 22.7 Å². The second-order valence-electron chi connectivity index (χ2n) is 5.29. The Hall–Kier alpha value is -1.92. The van der Waals surface area contributed by atoms with Crippen LogP contribution in [0.25, 0.3) is 0 Å². The van der Waals surface area contributed by atoms with Gasteiger partial charge in [-0.3, -0.25) is 4.79 Å². The molecule has 1 aromatic rings. The van der Waals surface area contributed by atoms with Gasteiger partial charge in [0.05, 0.1) is 5.92 Å². The van der Waals surface area contributed by atoms with Crippen LogP contribution in [0, 0.1) is 5.92 Å². The van der Waals surface area contributed by atoms with Gasteiger partial charge in [-0.1, -0.05) is 13.8 Å². The van der Waals surface area contributed by atoms with Crippen LogP contribution in [0.5, 0.6) is 11.5 Å². The predicted octanol–water partition coefficient (Wildman–Crippen LogP) is 2.99. The molecule has 0 aliphatic carbocycles. The van der Waals surface area contributed by atoms with Crippen molar-refractivity contribution < 1.29 is 28.2 Å². The lowest BCUT2D eigenvalue weighted by Crippen LogP contribution is -2.31. The van der Waals surface area contributed by atoms with Crippen molar-refractivity contribution in [1.82, 2.24) is 5.32 Å². The van der Waals surface area contributed by atoms with E-state index in [1.54, 1.807) is 0 Å². The summed E-state index contributed by atoms with van der Waals surface area (Å²) in [5.74, 6) is -3.25. The lowest BCUT2D eigenvalue weighted by Gasteiger charge is -2.17. The van der Waals surface area contributed by atoms with Crippen LogP contribution >= 0.6 is 0 Å². The largest absolute Gasteiger partial charge is 0.504 e. The minimum absolute atomic E-state index is 0.0149. The summed E-state index contributed by atoms with van der Waals surface area (Å²) in [6, 6.07) is 1.64. The van der Waals surface area contributed by atoms with Crippen molar-refractivity contribution in [2.75, 3.05) is 6.54 Å². The molecule has 1 amide bonds. The SMILES string of the molecule is CC(C)CNC(=O)C(C)c1cc(O)c(O)c(C(F)(F)F)c1. The summed E-state index contributed by atoms with van der Waals surface area (Å²) in [6.07, 6.45) is -4.81. The van der Waals surface area contributed by atoms with Gasteiger partial charge in [0.15, 0.2) is 11.5 Å². The van der Waals surface area contributed by atoms with Crippen LogP contribution in [0.4, 0.5) is 13.2 Å². The molecular weight excluding hydrogens is 287 g/mol. The first kappa shape index (κ1) is 17.1. The number of phenols is 2. The summed E-state index contributed by atoms with van der Waals surface area (Å²) < 4.78 is 38.3. The van der Waals surface area contributed by atoms with E-state index >= 15 is 0 Å². The first-order valence-electron chi connectivity index (χ1n) is 6.44. The van der Waals surface area contributed by atoms with Gasteiger partial charge in [0, 0.05) is 6.54 Å². The van der Waals surface area contributed by atoms with E-state index in [1.807, 2.05) is 13.8 Å². The first-order valence-corrected chi connectivity index (χ1v) is 6.44. The van der Waals surface area contributed by atoms with Gasteiger partial charge in [0.1, 0.15) is 5.56 Å². The van der Waals surface area contributed by atoms with Gasteiger partial charge in [0.25, 0.3) is 0 Å². The lowest BCUT2D eigenvalue weighted by molar-refractivity contribution is -0.139. The minimum Gasteiger partial charge on any atom is -0.504 e. The summed E-state index contributed by atoms with van der Waals surface area (Å²) in [5.41, 5.74) is -1.38. The third kappa shape index (κ3) is 4.27. The van der Waals surface area contributed by atoms with Gasteiger partial charge in [-0.2, -0.15) is 13.2 Å². The second-order valence-corrected chi connectivity index (χ2v) is 5.29. The van der Waals surface area contributed by atoms with E-state index in [4.69, 9.17) is 0 Å². The van der Waals surface area contributed by atoms with Crippen LogP contribution in [0.15, 0.2) is 12.1 Å². The Kier molecular flexibility index (Phi) is 5.09. The number of phenolic OH excluding ortho intramolecular Hbond substituents is 2. The summed E-state index contributed by atoms with van der Waals surface area (Å²) in [7, 11) is 0. The Balaban J connectivity index is 3.08. The summed E-state index contributed by atoms with van der Waals surface area (Å²) in [5, 5.41) is 21.3. The zero-order valence-electron chi connectivity index (χ0n) is 12.0. The molecule has 4 nitrogen and oxygen atoms in total. The Labute approximate surface area is 120 Å². The number of halogens is 3. The molecule has 0 aliphatic heterocycles. The van der Waals surface area contributed by atoms with Gasteiger partial charge in [0.2, 0.25) is 5.91 Å². The smallest absolute Gasteiger partial charge is 0.420 e. The Morgan fingerprint density at radius 3 is 2.29 bits per heavy atom. The van der Waals surface area contributed by atoms with Crippen LogP contribution in [0.3, 0.4) is 0 Å². The number of carbonyl (C=O) groups excluding carboxylic acids is 1. The van der Waals surface area contributed by atoms with E-state index in [0.29, 0.717) is 12.6 Å². The quantitative estimate of drug-likeness (QED) is 0.749. The maximum absolute atomic E-state index is 12.8. The number of hydrogen-bond donors (Lipinski definition) is 3. The van der Waals surface area contributed by atoms with E-state index < -0.39 is 35.1 Å². The van der Waals surface area contributed by atoms with Crippen LogP contribution in [-0.2, 0) is 11.0 Å². The highest BCUT2D eigenvalue weighted by Crippen LogP contribution is 2.42. The van der Waals surface area contributed by atoms with Crippen molar-refractivity contribution in [3.8, 4) is 11.5 Å². The molecule has 21 heavy (non-hydrogen) atoms. The van der Waals surface area contributed by atoms with Gasteiger partial charge in [-0.25, -0.2) is 0 Å². The van der Waals surface area contributed by atoms with E-state index in [2.05, 4.69) is 5.32 Å². The van der Waals surface area contributed by atoms with Crippen molar-refractivity contribution in [3.05, 3.63) is 23.3 Å². The Morgan fingerprint density at radius 1 is 1.24 bits per heavy atom. The standard InChI is InChI=1S/C14H18F3NO3/c1-7(2)6-18-13(21)8(3)9-4-10(14(15,16)17)12(20)11(19)5-9/h4-5,7-8,19-20H,6H2,1-3H3,(H,18,21). The molecule has 1 aromatic carbocycles. The van der Waals surface area contributed by atoms with Crippen LogP contribution in [0.1, 0.15) is 37.8 Å². The summed E-state index contributed by atoms with van der Waals surface area (Å²) in [6.45, 7) is 5.61. The van der Waals surface area contributed by atoms with E-state index in [-0.39, 0.29) is 11.5 Å². The monoisotopic (exact) mass is 305 g/mol. The normalized spacial score (nSPS) is 13.3. The molecule has 1 unspecified atom stereocenters. The molecule has 118 valence electrons. The van der Waals surface area contributed by atoms with Gasteiger partial charge < -0.3 is 15.5 Å². The fraction of sp³-hybridized carbons (Fsp3) is 0.500. The molecule has 7 heteroatoms. The minimum atomic E-state index is -4.81. The fourth-order valence-corrected chi connectivity index (χ4v) is 1.72. The number of nitrogens with one attached hydrogen (secondary N) is 1. The zero-order valence-corrected chi connectivity index (χ0v) is 12.0. The molecule has 3 N–H and O–H groups in total. The Morgan fingerprint density at radius 2 is 1.81 bits per heavy atom. The maximum Gasteiger partial charge on any atom is 0.420 e. The highest BCUT2D eigenvalue weighted by Gasteiger charge is 2.36. The average Bonchev–Trinajstić information content (AvgIpc) is 2.36. The molecule has 0 saturated carbocycles. The van der Waals surface area contributed by atoms with E-state index in [9.17, 15) is 28.2 Å². The molecule has 0 aromatic heterocycles. The number of aromatic hydroxyl groups is 2. The number of carbonyl (C=O) groups is 1. The van der Waals surface area contributed by atoms with Crippen molar-refractivity contribution in [1.29, 1.82) is 0 Å². The van der Waals surface area contributed by atoms with Gasteiger partial charge in [-0.15, -0.1) is 0 Å². The van der Waals surface area contributed by atoms with Crippen molar-refractivity contribution >= 4 is 5.91 Å². The highest BCUT2D eigenvalue weighted by atomic mass is 19.4. The first-order chi connectivity index (χ1) is 9.54. The lowest BCUT2D eigenvalue weighted by atomic mass is 9.96. The number of rotatable bonds is 4. The number of hydrogen-bond acceptors (Lipinski definition) is 3. The van der Waals surface area contributed by atoms with Gasteiger partial charge in [-0.05, 0) is 30.5 Å². The summed E-state index contributed by atoms with van der Waals surface area (Å²) in [4.78, 5) is 11.9. The van der Waals surface area contributed by atoms with Crippen molar-refractivity contribution in [2.45, 2.75) is 32.9 Å². The molecule has 0 heterocycles. The molecule has 0 saturated heterocycles. The zero-order chi connectivity index (χ0) is 16.4. The summed E-state index contributed by atoms with van der Waals surface area (Å²) >= 11 is 0. The predicted molar refractivity (Wildman–Crippen MR) is 71.0 cm³/mol. The number of alkyl halides is 3.